The second kappa shape index (κ2) is 5.27. The van der Waals surface area contributed by atoms with Gasteiger partial charge in [-0.3, -0.25) is 0 Å². The summed E-state index contributed by atoms with van der Waals surface area (Å²) in [7, 11) is 0. The third kappa shape index (κ3) is 2.66. The SMILES string of the molecule is CCC1(CNc2cc(C)ccc2C(N)=S)CCC1. The highest BCUT2D eigenvalue weighted by Crippen LogP contribution is 2.43. The average Bonchev–Trinajstić information content (AvgIpc) is 2.28. The molecular weight excluding hydrogens is 240 g/mol. The van der Waals surface area contributed by atoms with Gasteiger partial charge in [-0.1, -0.05) is 31.6 Å². The first kappa shape index (κ1) is 13.3. The summed E-state index contributed by atoms with van der Waals surface area (Å²) in [6.07, 6.45) is 5.29. The summed E-state index contributed by atoms with van der Waals surface area (Å²) in [6, 6.07) is 6.20. The molecule has 1 aliphatic rings. The Morgan fingerprint density at radius 2 is 2.17 bits per heavy atom. The Kier molecular flexibility index (Phi) is 3.91. The molecule has 3 heteroatoms. The minimum absolute atomic E-state index is 0.469. The minimum Gasteiger partial charge on any atom is -0.389 e. The number of benzene rings is 1. The number of anilines is 1. The molecule has 1 aromatic rings. The van der Waals surface area contributed by atoms with Gasteiger partial charge in [0.25, 0.3) is 0 Å². The molecule has 0 spiro atoms. The number of thiocarbonyl (C=S) groups is 1. The Hall–Kier alpha value is -1.09. The maximum absolute atomic E-state index is 5.77. The zero-order valence-corrected chi connectivity index (χ0v) is 12.1. The summed E-state index contributed by atoms with van der Waals surface area (Å²) in [4.78, 5) is 0.469. The predicted molar refractivity (Wildman–Crippen MR) is 82.1 cm³/mol. The summed E-state index contributed by atoms with van der Waals surface area (Å²) in [6.45, 7) is 5.40. The lowest BCUT2D eigenvalue weighted by atomic mass is 9.67. The molecule has 0 amide bonds. The Labute approximate surface area is 115 Å². The summed E-state index contributed by atoms with van der Waals surface area (Å²) in [5, 5.41) is 3.56. The Morgan fingerprint density at radius 1 is 1.44 bits per heavy atom. The van der Waals surface area contributed by atoms with Crippen LogP contribution in [-0.4, -0.2) is 11.5 Å². The number of rotatable bonds is 5. The maximum Gasteiger partial charge on any atom is 0.106 e. The molecule has 0 aliphatic heterocycles. The van der Waals surface area contributed by atoms with Crippen molar-refractivity contribution >= 4 is 22.9 Å². The van der Waals surface area contributed by atoms with Crippen molar-refractivity contribution in [3.05, 3.63) is 29.3 Å². The van der Waals surface area contributed by atoms with E-state index in [1.54, 1.807) is 0 Å². The van der Waals surface area contributed by atoms with E-state index in [4.69, 9.17) is 18.0 Å². The number of hydrogen-bond donors (Lipinski definition) is 2. The number of hydrogen-bond acceptors (Lipinski definition) is 2. The van der Waals surface area contributed by atoms with E-state index in [0.29, 0.717) is 10.4 Å². The van der Waals surface area contributed by atoms with E-state index in [2.05, 4.69) is 31.3 Å². The van der Waals surface area contributed by atoms with Crippen LogP contribution in [0.4, 0.5) is 5.69 Å². The molecule has 0 saturated heterocycles. The van der Waals surface area contributed by atoms with Gasteiger partial charge in [0.1, 0.15) is 4.99 Å². The second-order valence-corrected chi connectivity index (χ2v) is 5.91. The summed E-state index contributed by atoms with van der Waals surface area (Å²) in [5.74, 6) is 0. The third-order valence-electron chi connectivity index (χ3n) is 4.26. The fourth-order valence-corrected chi connectivity index (χ4v) is 2.81. The van der Waals surface area contributed by atoms with Crippen LogP contribution in [0.3, 0.4) is 0 Å². The lowest BCUT2D eigenvalue weighted by molar-refractivity contribution is 0.145. The largest absolute Gasteiger partial charge is 0.389 e. The van der Waals surface area contributed by atoms with E-state index in [1.807, 2.05) is 6.07 Å². The van der Waals surface area contributed by atoms with Crippen molar-refractivity contribution in [2.24, 2.45) is 11.1 Å². The van der Waals surface area contributed by atoms with Crippen LogP contribution >= 0.6 is 12.2 Å². The molecule has 2 rings (SSSR count). The van der Waals surface area contributed by atoms with Gasteiger partial charge in [-0.25, -0.2) is 0 Å². The average molecular weight is 262 g/mol. The molecule has 98 valence electrons. The first-order valence-electron chi connectivity index (χ1n) is 6.71. The van der Waals surface area contributed by atoms with Gasteiger partial charge in [0.05, 0.1) is 0 Å². The van der Waals surface area contributed by atoms with Crippen molar-refractivity contribution in [2.75, 3.05) is 11.9 Å². The topological polar surface area (TPSA) is 38.0 Å². The summed E-state index contributed by atoms with van der Waals surface area (Å²) >= 11 is 5.11. The van der Waals surface area contributed by atoms with Crippen LogP contribution in [0.1, 0.15) is 43.7 Å². The minimum atomic E-state index is 0.469. The normalized spacial score (nSPS) is 17.0. The lowest BCUT2D eigenvalue weighted by Crippen LogP contribution is -2.36. The Bertz CT molecular complexity index is 444. The Morgan fingerprint density at radius 3 is 2.67 bits per heavy atom. The van der Waals surface area contributed by atoms with Crippen molar-refractivity contribution in [1.29, 1.82) is 0 Å². The smallest absolute Gasteiger partial charge is 0.106 e. The molecule has 18 heavy (non-hydrogen) atoms. The fourth-order valence-electron chi connectivity index (χ4n) is 2.63. The first-order chi connectivity index (χ1) is 8.56. The highest BCUT2D eigenvalue weighted by atomic mass is 32.1. The van der Waals surface area contributed by atoms with Crippen molar-refractivity contribution in [3.8, 4) is 0 Å². The molecule has 0 bridgehead atoms. The highest BCUT2D eigenvalue weighted by molar-refractivity contribution is 7.80. The molecule has 3 N–H and O–H groups in total. The van der Waals surface area contributed by atoms with Gasteiger partial charge < -0.3 is 11.1 Å². The number of nitrogens with two attached hydrogens (primary N) is 1. The molecule has 1 saturated carbocycles. The van der Waals surface area contributed by atoms with Gasteiger partial charge in [-0.15, -0.1) is 0 Å². The van der Waals surface area contributed by atoms with E-state index in [0.717, 1.165) is 17.8 Å². The van der Waals surface area contributed by atoms with Crippen LogP contribution in [-0.2, 0) is 0 Å². The van der Waals surface area contributed by atoms with E-state index >= 15 is 0 Å². The third-order valence-corrected chi connectivity index (χ3v) is 4.48. The molecule has 1 aliphatic carbocycles. The van der Waals surface area contributed by atoms with Gasteiger partial charge in [0.15, 0.2) is 0 Å². The predicted octanol–water partition coefficient (Wildman–Crippen LogP) is 3.62. The molecule has 0 heterocycles. The Balaban J connectivity index is 2.12. The molecule has 1 aromatic carbocycles. The molecule has 0 unspecified atom stereocenters. The molecule has 0 aromatic heterocycles. The standard InChI is InChI=1S/C15H22N2S/c1-3-15(7-4-8-15)10-17-13-9-11(2)5-6-12(13)14(16)18/h5-6,9,17H,3-4,7-8,10H2,1-2H3,(H2,16,18). The van der Waals surface area contributed by atoms with E-state index < -0.39 is 0 Å². The van der Waals surface area contributed by atoms with Gasteiger partial charge >= 0.3 is 0 Å². The van der Waals surface area contributed by atoms with Crippen molar-refractivity contribution in [3.63, 3.8) is 0 Å². The second-order valence-electron chi connectivity index (χ2n) is 5.47. The summed E-state index contributed by atoms with van der Waals surface area (Å²) in [5.41, 5.74) is 9.55. The quantitative estimate of drug-likeness (QED) is 0.796. The summed E-state index contributed by atoms with van der Waals surface area (Å²) < 4.78 is 0. The van der Waals surface area contributed by atoms with Crippen LogP contribution in [0, 0.1) is 12.3 Å². The maximum atomic E-state index is 5.77. The highest BCUT2D eigenvalue weighted by Gasteiger charge is 2.34. The lowest BCUT2D eigenvalue weighted by Gasteiger charge is -2.41. The zero-order valence-electron chi connectivity index (χ0n) is 11.3. The van der Waals surface area contributed by atoms with E-state index in [-0.39, 0.29) is 0 Å². The van der Waals surface area contributed by atoms with Crippen LogP contribution in [0.15, 0.2) is 18.2 Å². The van der Waals surface area contributed by atoms with Crippen LogP contribution < -0.4 is 11.1 Å². The van der Waals surface area contributed by atoms with E-state index in [9.17, 15) is 0 Å². The first-order valence-corrected chi connectivity index (χ1v) is 7.11. The molecular formula is C15H22N2S. The van der Waals surface area contributed by atoms with E-state index in [1.165, 1.54) is 31.2 Å². The van der Waals surface area contributed by atoms with Gasteiger partial charge in [0.2, 0.25) is 0 Å². The van der Waals surface area contributed by atoms with Crippen molar-refractivity contribution in [1.82, 2.24) is 0 Å². The molecule has 0 atom stereocenters. The van der Waals surface area contributed by atoms with Crippen molar-refractivity contribution < 1.29 is 0 Å². The van der Waals surface area contributed by atoms with Crippen LogP contribution in [0.5, 0.6) is 0 Å². The van der Waals surface area contributed by atoms with Gasteiger partial charge in [-0.05, 0) is 49.3 Å². The molecule has 0 radical (unpaired) electrons. The van der Waals surface area contributed by atoms with Gasteiger partial charge in [0, 0.05) is 17.8 Å². The van der Waals surface area contributed by atoms with Crippen molar-refractivity contribution in [2.45, 2.75) is 39.5 Å². The number of aryl methyl sites for hydroxylation is 1. The zero-order chi connectivity index (χ0) is 13.2. The van der Waals surface area contributed by atoms with Crippen LogP contribution in [0.2, 0.25) is 0 Å². The fraction of sp³-hybridized carbons (Fsp3) is 0.533. The molecule has 2 nitrogen and oxygen atoms in total. The monoisotopic (exact) mass is 262 g/mol. The number of nitrogens with one attached hydrogen (secondary N) is 1. The van der Waals surface area contributed by atoms with Gasteiger partial charge in [-0.2, -0.15) is 0 Å². The molecule has 1 fully saturated rings. The van der Waals surface area contributed by atoms with Crippen LogP contribution in [0.25, 0.3) is 0 Å².